The van der Waals surface area contributed by atoms with E-state index < -0.39 is 4.92 Å². The molecule has 0 atom stereocenters. The highest BCUT2D eigenvalue weighted by Gasteiger charge is 2.16. The van der Waals surface area contributed by atoms with Gasteiger partial charge in [-0.25, -0.2) is 0 Å². The van der Waals surface area contributed by atoms with Crippen molar-refractivity contribution in [1.29, 1.82) is 0 Å². The van der Waals surface area contributed by atoms with Gasteiger partial charge in [-0.1, -0.05) is 30.3 Å². The van der Waals surface area contributed by atoms with Crippen molar-refractivity contribution in [2.24, 2.45) is 0 Å². The Kier molecular flexibility index (Phi) is 2.80. The molecule has 2 aromatic carbocycles. The summed E-state index contributed by atoms with van der Waals surface area (Å²) in [7, 11) is 0. The topological polar surface area (TPSA) is 76.0 Å². The number of nitro groups is 1. The van der Waals surface area contributed by atoms with Crippen LogP contribution in [0, 0.1) is 10.1 Å². The van der Waals surface area contributed by atoms with Crippen molar-refractivity contribution >= 4 is 22.4 Å². The van der Waals surface area contributed by atoms with Gasteiger partial charge in [0.2, 0.25) is 0 Å². The molecule has 3 rings (SSSR count). The van der Waals surface area contributed by atoms with E-state index in [0.717, 1.165) is 10.9 Å². The molecule has 98 valence electrons. The molecule has 3 aromatic rings. The molecule has 0 aliphatic heterocycles. The van der Waals surface area contributed by atoms with Crippen molar-refractivity contribution in [3.8, 4) is 0 Å². The van der Waals surface area contributed by atoms with Crippen molar-refractivity contribution in [3.05, 3.63) is 76.0 Å². The Hall–Kier alpha value is -2.95. The van der Waals surface area contributed by atoms with Gasteiger partial charge in [-0.3, -0.25) is 14.9 Å². The van der Waals surface area contributed by atoms with E-state index in [4.69, 9.17) is 0 Å². The van der Waals surface area contributed by atoms with Crippen LogP contribution in [0.25, 0.3) is 10.9 Å². The molecule has 20 heavy (non-hydrogen) atoms. The summed E-state index contributed by atoms with van der Waals surface area (Å²) in [5.74, 6) is -0.230. The largest absolute Gasteiger partial charge is 0.360 e. The third-order valence-corrected chi connectivity index (χ3v) is 3.15. The van der Waals surface area contributed by atoms with Gasteiger partial charge < -0.3 is 4.98 Å². The zero-order chi connectivity index (χ0) is 14.1. The summed E-state index contributed by atoms with van der Waals surface area (Å²) in [6.07, 6.45) is 1.63. The minimum atomic E-state index is -0.508. The van der Waals surface area contributed by atoms with Crippen LogP contribution in [-0.2, 0) is 0 Å². The number of ketones is 1. The Balaban J connectivity index is 2.08. The molecule has 1 aromatic heterocycles. The Morgan fingerprint density at radius 3 is 2.70 bits per heavy atom. The number of hydrogen-bond acceptors (Lipinski definition) is 3. The van der Waals surface area contributed by atoms with E-state index in [0.29, 0.717) is 11.1 Å². The van der Waals surface area contributed by atoms with Gasteiger partial charge in [-0.15, -0.1) is 0 Å². The average Bonchev–Trinajstić information content (AvgIpc) is 2.90. The SMILES string of the molecule is O=C(c1cccc([N+](=O)[O-])c1)c1c[nH]c2ccccc12. The van der Waals surface area contributed by atoms with Crippen LogP contribution < -0.4 is 0 Å². The number of carbonyl (C=O) groups excluding carboxylic acids is 1. The van der Waals surface area contributed by atoms with Crippen LogP contribution in [-0.4, -0.2) is 15.7 Å². The molecule has 0 saturated heterocycles. The lowest BCUT2D eigenvalue weighted by atomic mass is 10.0. The number of fused-ring (bicyclic) bond motifs is 1. The fraction of sp³-hybridized carbons (Fsp3) is 0. The van der Waals surface area contributed by atoms with E-state index in [-0.39, 0.29) is 11.5 Å². The number of nitro benzene ring substituents is 1. The fourth-order valence-electron chi connectivity index (χ4n) is 2.18. The zero-order valence-corrected chi connectivity index (χ0v) is 10.4. The van der Waals surface area contributed by atoms with Gasteiger partial charge in [0.1, 0.15) is 0 Å². The number of nitrogens with one attached hydrogen (secondary N) is 1. The molecule has 1 heterocycles. The quantitative estimate of drug-likeness (QED) is 0.449. The average molecular weight is 266 g/mol. The highest BCUT2D eigenvalue weighted by molar-refractivity contribution is 6.16. The van der Waals surface area contributed by atoms with E-state index in [9.17, 15) is 14.9 Å². The first-order valence-corrected chi connectivity index (χ1v) is 6.02. The molecule has 0 fully saturated rings. The number of aromatic nitrogens is 1. The second-order valence-corrected chi connectivity index (χ2v) is 4.38. The maximum atomic E-state index is 12.5. The number of carbonyl (C=O) groups is 1. The van der Waals surface area contributed by atoms with E-state index in [2.05, 4.69) is 4.98 Å². The van der Waals surface area contributed by atoms with Gasteiger partial charge in [-0.05, 0) is 6.07 Å². The van der Waals surface area contributed by atoms with Crippen molar-refractivity contribution in [3.63, 3.8) is 0 Å². The minimum Gasteiger partial charge on any atom is -0.360 e. The molecule has 0 amide bonds. The van der Waals surface area contributed by atoms with Crippen LogP contribution >= 0.6 is 0 Å². The van der Waals surface area contributed by atoms with Gasteiger partial charge in [0.15, 0.2) is 5.78 Å². The lowest BCUT2D eigenvalue weighted by molar-refractivity contribution is -0.384. The number of non-ortho nitro benzene ring substituents is 1. The number of nitrogens with zero attached hydrogens (tertiary/aromatic N) is 1. The van der Waals surface area contributed by atoms with Gasteiger partial charge in [-0.2, -0.15) is 0 Å². The number of benzene rings is 2. The van der Waals surface area contributed by atoms with Gasteiger partial charge >= 0.3 is 0 Å². The first kappa shape index (κ1) is 12.1. The zero-order valence-electron chi connectivity index (χ0n) is 10.4. The molecule has 1 N–H and O–H groups in total. The molecule has 0 aliphatic carbocycles. The summed E-state index contributed by atoms with van der Waals surface area (Å²) in [5.41, 5.74) is 1.60. The second-order valence-electron chi connectivity index (χ2n) is 4.38. The summed E-state index contributed by atoms with van der Waals surface area (Å²) in [6, 6.07) is 13.2. The molecule has 5 nitrogen and oxygen atoms in total. The molecule has 0 saturated carbocycles. The van der Waals surface area contributed by atoms with Crippen LogP contribution in [0.4, 0.5) is 5.69 Å². The van der Waals surface area contributed by atoms with Crippen molar-refractivity contribution in [2.75, 3.05) is 0 Å². The Morgan fingerprint density at radius 1 is 1.10 bits per heavy atom. The van der Waals surface area contributed by atoms with E-state index in [1.807, 2.05) is 24.3 Å². The van der Waals surface area contributed by atoms with Crippen molar-refractivity contribution < 1.29 is 9.72 Å². The highest BCUT2D eigenvalue weighted by atomic mass is 16.6. The standard InChI is InChI=1S/C15H10N2O3/c18-15(10-4-3-5-11(8-10)17(19)20)13-9-16-14-7-2-1-6-12(13)14/h1-9,16H. The number of aromatic amines is 1. The molecular formula is C15H10N2O3. The van der Waals surface area contributed by atoms with E-state index in [1.54, 1.807) is 12.3 Å². The number of rotatable bonds is 3. The summed E-state index contributed by atoms with van der Waals surface area (Å²) in [6.45, 7) is 0. The van der Waals surface area contributed by atoms with Gasteiger partial charge in [0.05, 0.1) is 4.92 Å². The molecule has 5 heteroatoms. The van der Waals surface area contributed by atoms with E-state index in [1.165, 1.54) is 18.2 Å². The predicted octanol–water partition coefficient (Wildman–Crippen LogP) is 3.31. The van der Waals surface area contributed by atoms with Gasteiger partial charge in [0, 0.05) is 40.4 Å². The Bertz CT molecular complexity index is 821. The molecular weight excluding hydrogens is 256 g/mol. The minimum absolute atomic E-state index is 0.0873. The van der Waals surface area contributed by atoms with Crippen molar-refractivity contribution in [1.82, 2.24) is 4.98 Å². The van der Waals surface area contributed by atoms with Crippen LogP contribution in [0.1, 0.15) is 15.9 Å². The second kappa shape index (κ2) is 4.62. The summed E-state index contributed by atoms with van der Waals surface area (Å²) < 4.78 is 0. The van der Waals surface area contributed by atoms with E-state index >= 15 is 0 Å². The summed E-state index contributed by atoms with van der Waals surface area (Å²) >= 11 is 0. The molecule has 0 unspecified atom stereocenters. The Morgan fingerprint density at radius 2 is 1.90 bits per heavy atom. The van der Waals surface area contributed by atoms with Crippen LogP contribution in [0.2, 0.25) is 0 Å². The maximum absolute atomic E-state index is 12.5. The molecule has 0 aliphatic rings. The molecule has 0 bridgehead atoms. The van der Waals surface area contributed by atoms with Crippen molar-refractivity contribution in [2.45, 2.75) is 0 Å². The summed E-state index contributed by atoms with van der Waals surface area (Å²) in [5, 5.41) is 11.6. The van der Waals surface area contributed by atoms with Crippen LogP contribution in [0.3, 0.4) is 0 Å². The monoisotopic (exact) mass is 266 g/mol. The third kappa shape index (κ3) is 1.95. The number of para-hydroxylation sites is 1. The number of hydrogen-bond donors (Lipinski definition) is 1. The first-order chi connectivity index (χ1) is 9.66. The van der Waals surface area contributed by atoms with Crippen LogP contribution in [0.15, 0.2) is 54.7 Å². The summed E-state index contributed by atoms with van der Waals surface area (Å²) in [4.78, 5) is 25.7. The predicted molar refractivity (Wildman–Crippen MR) is 74.8 cm³/mol. The molecule has 0 radical (unpaired) electrons. The molecule has 0 spiro atoms. The lowest BCUT2D eigenvalue weighted by Crippen LogP contribution is -2.01. The smallest absolute Gasteiger partial charge is 0.270 e. The first-order valence-electron chi connectivity index (χ1n) is 6.02. The van der Waals surface area contributed by atoms with Gasteiger partial charge in [0.25, 0.3) is 5.69 Å². The highest BCUT2D eigenvalue weighted by Crippen LogP contribution is 2.22. The maximum Gasteiger partial charge on any atom is 0.270 e. The number of H-pyrrole nitrogens is 1. The fourth-order valence-corrected chi connectivity index (χ4v) is 2.18. The van der Waals surface area contributed by atoms with Crippen LogP contribution in [0.5, 0.6) is 0 Å². The lowest BCUT2D eigenvalue weighted by Gasteiger charge is -2.00. The Labute approximate surface area is 114 Å². The third-order valence-electron chi connectivity index (χ3n) is 3.15. The normalized spacial score (nSPS) is 10.6.